The summed E-state index contributed by atoms with van der Waals surface area (Å²) in [7, 11) is 3.42. The summed E-state index contributed by atoms with van der Waals surface area (Å²) in [5.41, 5.74) is 7.34. The summed E-state index contributed by atoms with van der Waals surface area (Å²) in [6.45, 7) is 4.44. The minimum absolute atomic E-state index is 0.0744. The molecule has 1 N–H and O–H groups in total. The molecule has 1 aliphatic heterocycles. The standard InChI is InChI=1S/C27H29NO2S/c1-27(2)16-21(18-31-17-19-9-12-22(29-3)13-10-19)24-15-20(11-14-25(24)28-27)23-7-5-6-8-26(23)30-4/h5-16,28H,17-18H2,1-4H3. The van der Waals surface area contributed by atoms with Crippen molar-refractivity contribution in [1.29, 1.82) is 0 Å². The van der Waals surface area contributed by atoms with Crippen LogP contribution in [0.15, 0.2) is 72.8 Å². The molecule has 0 saturated heterocycles. The first-order chi connectivity index (χ1) is 15.0. The van der Waals surface area contributed by atoms with E-state index in [0.717, 1.165) is 28.6 Å². The van der Waals surface area contributed by atoms with Crippen LogP contribution in [0.3, 0.4) is 0 Å². The average Bonchev–Trinajstić information content (AvgIpc) is 2.78. The summed E-state index contributed by atoms with van der Waals surface area (Å²) in [4.78, 5) is 0. The normalized spacial score (nSPS) is 14.3. The number of para-hydroxylation sites is 1. The highest BCUT2D eigenvalue weighted by atomic mass is 32.2. The van der Waals surface area contributed by atoms with E-state index in [4.69, 9.17) is 9.47 Å². The predicted molar refractivity (Wildman–Crippen MR) is 133 cm³/mol. The molecule has 0 atom stereocenters. The third kappa shape index (κ3) is 4.91. The number of methoxy groups -OCH3 is 2. The van der Waals surface area contributed by atoms with E-state index < -0.39 is 0 Å². The molecule has 0 fully saturated rings. The molecule has 4 heteroatoms. The Morgan fingerprint density at radius 2 is 1.61 bits per heavy atom. The number of ether oxygens (including phenoxy) is 2. The summed E-state index contributed by atoms with van der Waals surface area (Å²) in [6, 6.07) is 23.2. The van der Waals surface area contributed by atoms with Gasteiger partial charge in [-0.15, -0.1) is 0 Å². The maximum absolute atomic E-state index is 5.59. The Morgan fingerprint density at radius 1 is 0.839 bits per heavy atom. The van der Waals surface area contributed by atoms with Crippen LogP contribution in [0.1, 0.15) is 25.0 Å². The molecule has 1 heterocycles. The minimum Gasteiger partial charge on any atom is -0.497 e. The molecule has 160 valence electrons. The van der Waals surface area contributed by atoms with Gasteiger partial charge < -0.3 is 14.8 Å². The Labute approximate surface area is 189 Å². The Balaban J connectivity index is 1.58. The number of anilines is 1. The van der Waals surface area contributed by atoms with Gasteiger partial charge in [0.2, 0.25) is 0 Å². The van der Waals surface area contributed by atoms with Gasteiger partial charge in [-0.05, 0) is 60.9 Å². The van der Waals surface area contributed by atoms with Gasteiger partial charge in [-0.3, -0.25) is 0 Å². The van der Waals surface area contributed by atoms with Gasteiger partial charge in [0.05, 0.1) is 19.8 Å². The molecular formula is C27H29NO2S. The highest BCUT2D eigenvalue weighted by Crippen LogP contribution is 2.40. The van der Waals surface area contributed by atoms with Crippen molar-refractivity contribution in [3.8, 4) is 22.6 Å². The van der Waals surface area contributed by atoms with E-state index in [9.17, 15) is 0 Å². The van der Waals surface area contributed by atoms with E-state index in [1.165, 1.54) is 28.0 Å². The molecule has 0 radical (unpaired) electrons. The zero-order valence-corrected chi connectivity index (χ0v) is 19.4. The lowest BCUT2D eigenvalue weighted by Gasteiger charge is -2.32. The Morgan fingerprint density at radius 3 is 2.35 bits per heavy atom. The lowest BCUT2D eigenvalue weighted by atomic mass is 9.89. The van der Waals surface area contributed by atoms with Crippen molar-refractivity contribution in [2.45, 2.75) is 25.1 Å². The van der Waals surface area contributed by atoms with Gasteiger partial charge in [0.15, 0.2) is 0 Å². The molecule has 31 heavy (non-hydrogen) atoms. The van der Waals surface area contributed by atoms with Crippen LogP contribution >= 0.6 is 11.8 Å². The fourth-order valence-electron chi connectivity index (χ4n) is 3.99. The molecular weight excluding hydrogens is 402 g/mol. The van der Waals surface area contributed by atoms with Crippen LogP contribution in [0.4, 0.5) is 5.69 Å². The largest absolute Gasteiger partial charge is 0.497 e. The Bertz CT molecular complexity index is 1090. The molecule has 0 unspecified atom stereocenters. The number of fused-ring (bicyclic) bond motifs is 1. The van der Waals surface area contributed by atoms with Crippen molar-refractivity contribution in [3.63, 3.8) is 0 Å². The van der Waals surface area contributed by atoms with E-state index in [0.29, 0.717) is 0 Å². The molecule has 0 amide bonds. The monoisotopic (exact) mass is 431 g/mol. The molecule has 0 saturated carbocycles. The Kier molecular flexibility index (Phi) is 6.28. The zero-order valence-electron chi connectivity index (χ0n) is 18.6. The van der Waals surface area contributed by atoms with Crippen molar-refractivity contribution in [2.24, 2.45) is 0 Å². The molecule has 3 aromatic carbocycles. The fourth-order valence-corrected chi connectivity index (χ4v) is 4.98. The average molecular weight is 432 g/mol. The lowest BCUT2D eigenvalue weighted by molar-refractivity contribution is 0.414. The van der Waals surface area contributed by atoms with Gasteiger partial charge in [-0.1, -0.05) is 42.5 Å². The minimum atomic E-state index is -0.0744. The third-order valence-corrected chi connectivity index (χ3v) is 6.51. The van der Waals surface area contributed by atoms with E-state index in [2.05, 4.69) is 67.7 Å². The highest BCUT2D eigenvalue weighted by Gasteiger charge is 2.24. The molecule has 3 nitrogen and oxygen atoms in total. The molecule has 0 aromatic heterocycles. The van der Waals surface area contributed by atoms with Gasteiger partial charge >= 0.3 is 0 Å². The van der Waals surface area contributed by atoms with Crippen molar-refractivity contribution in [3.05, 3.63) is 83.9 Å². The van der Waals surface area contributed by atoms with Gasteiger partial charge in [-0.2, -0.15) is 11.8 Å². The summed E-state index contributed by atoms with van der Waals surface area (Å²) in [6.07, 6.45) is 2.36. The smallest absolute Gasteiger partial charge is 0.126 e. The second-order valence-electron chi connectivity index (χ2n) is 8.32. The molecule has 0 spiro atoms. The van der Waals surface area contributed by atoms with Gasteiger partial charge in [0.1, 0.15) is 11.5 Å². The van der Waals surface area contributed by atoms with E-state index in [1.807, 2.05) is 36.0 Å². The van der Waals surface area contributed by atoms with E-state index in [1.54, 1.807) is 14.2 Å². The maximum Gasteiger partial charge on any atom is 0.126 e. The van der Waals surface area contributed by atoms with Crippen molar-refractivity contribution in [1.82, 2.24) is 0 Å². The predicted octanol–water partition coefficient (Wildman–Crippen LogP) is 6.89. The molecule has 3 aromatic rings. The summed E-state index contributed by atoms with van der Waals surface area (Å²) < 4.78 is 10.9. The van der Waals surface area contributed by atoms with Crippen molar-refractivity contribution < 1.29 is 9.47 Å². The van der Waals surface area contributed by atoms with E-state index in [-0.39, 0.29) is 5.54 Å². The second-order valence-corrected chi connectivity index (χ2v) is 9.30. The number of nitrogens with one attached hydrogen (secondary N) is 1. The number of hydrogen-bond acceptors (Lipinski definition) is 4. The lowest BCUT2D eigenvalue weighted by Crippen LogP contribution is -2.32. The van der Waals surface area contributed by atoms with Crippen LogP contribution in [-0.4, -0.2) is 25.5 Å². The van der Waals surface area contributed by atoms with Gasteiger partial charge in [0.25, 0.3) is 0 Å². The topological polar surface area (TPSA) is 30.5 Å². The van der Waals surface area contributed by atoms with Crippen LogP contribution in [-0.2, 0) is 5.75 Å². The summed E-state index contributed by atoms with van der Waals surface area (Å²) in [5, 5.41) is 3.66. The highest BCUT2D eigenvalue weighted by molar-refractivity contribution is 7.98. The fraction of sp³-hybridized carbons (Fsp3) is 0.259. The second kappa shape index (κ2) is 9.11. The van der Waals surface area contributed by atoms with Crippen LogP contribution in [0, 0.1) is 0 Å². The molecule has 0 bridgehead atoms. The van der Waals surface area contributed by atoms with E-state index >= 15 is 0 Å². The number of thioether (sulfide) groups is 1. The molecule has 4 rings (SSSR count). The third-order valence-electron chi connectivity index (χ3n) is 5.46. The quantitative estimate of drug-likeness (QED) is 0.441. The molecule has 0 aliphatic carbocycles. The Hall–Kier alpha value is -2.85. The maximum atomic E-state index is 5.59. The van der Waals surface area contributed by atoms with Crippen LogP contribution in [0.25, 0.3) is 16.7 Å². The summed E-state index contributed by atoms with van der Waals surface area (Å²) in [5.74, 6) is 3.72. The number of rotatable bonds is 7. The van der Waals surface area contributed by atoms with Crippen molar-refractivity contribution >= 4 is 23.0 Å². The number of benzene rings is 3. The summed E-state index contributed by atoms with van der Waals surface area (Å²) >= 11 is 1.94. The van der Waals surface area contributed by atoms with Crippen molar-refractivity contribution in [2.75, 3.05) is 25.3 Å². The first kappa shape index (κ1) is 21.4. The van der Waals surface area contributed by atoms with Gasteiger partial charge in [-0.25, -0.2) is 0 Å². The van der Waals surface area contributed by atoms with Crippen LogP contribution < -0.4 is 14.8 Å². The van der Waals surface area contributed by atoms with Crippen LogP contribution in [0.2, 0.25) is 0 Å². The molecule has 1 aliphatic rings. The first-order valence-corrected chi connectivity index (χ1v) is 11.6. The van der Waals surface area contributed by atoms with Gasteiger partial charge in [0, 0.05) is 28.3 Å². The SMILES string of the molecule is COc1ccc(CSCC2=CC(C)(C)Nc3ccc(-c4ccccc4OC)cc32)cc1. The first-order valence-electron chi connectivity index (χ1n) is 10.5. The number of hydrogen-bond donors (Lipinski definition) is 1. The van der Waals surface area contributed by atoms with Crippen LogP contribution in [0.5, 0.6) is 11.5 Å². The zero-order chi connectivity index (χ0) is 21.8.